The van der Waals surface area contributed by atoms with Crippen molar-refractivity contribution in [1.29, 1.82) is 0 Å². The fourth-order valence-electron chi connectivity index (χ4n) is 2.20. The van der Waals surface area contributed by atoms with Gasteiger partial charge < -0.3 is 18.9 Å². The second kappa shape index (κ2) is 7.59. The van der Waals surface area contributed by atoms with E-state index in [2.05, 4.69) is 5.16 Å². The molecule has 1 aromatic carbocycles. The highest BCUT2D eigenvalue weighted by atomic mass is 35.5. The van der Waals surface area contributed by atoms with Gasteiger partial charge in [0.1, 0.15) is 17.0 Å². The molecule has 0 fully saturated rings. The molecule has 6 nitrogen and oxygen atoms in total. The zero-order valence-corrected chi connectivity index (χ0v) is 14.3. The molecule has 2 aromatic rings. The highest BCUT2D eigenvalue weighted by Crippen LogP contribution is 2.31. The van der Waals surface area contributed by atoms with Crippen LogP contribution in [0.5, 0.6) is 0 Å². The first-order chi connectivity index (χ1) is 11.0. The Bertz CT molecular complexity index is 682. The molecule has 0 atom stereocenters. The fourth-order valence-corrected chi connectivity index (χ4v) is 2.43. The van der Waals surface area contributed by atoms with Crippen LogP contribution in [0.25, 0.3) is 11.3 Å². The summed E-state index contributed by atoms with van der Waals surface area (Å²) in [5, 5.41) is 4.50. The van der Waals surface area contributed by atoms with Gasteiger partial charge in [-0.05, 0) is 13.0 Å². The summed E-state index contributed by atoms with van der Waals surface area (Å²) < 4.78 is 15.5. The Balaban J connectivity index is 2.35. The van der Waals surface area contributed by atoms with E-state index in [0.717, 1.165) is 0 Å². The van der Waals surface area contributed by atoms with Crippen LogP contribution in [0.2, 0.25) is 5.02 Å². The van der Waals surface area contributed by atoms with Crippen LogP contribution in [0.15, 0.2) is 28.8 Å². The van der Waals surface area contributed by atoms with Crippen molar-refractivity contribution < 1.29 is 18.8 Å². The van der Waals surface area contributed by atoms with Gasteiger partial charge >= 0.3 is 0 Å². The van der Waals surface area contributed by atoms with Crippen molar-refractivity contribution in [3.63, 3.8) is 0 Å². The first-order valence-electron chi connectivity index (χ1n) is 7.01. The molecule has 0 aliphatic heterocycles. The molecule has 0 unspecified atom stereocenters. The van der Waals surface area contributed by atoms with Gasteiger partial charge in [0.15, 0.2) is 6.29 Å². The Kier molecular flexibility index (Phi) is 5.76. The summed E-state index contributed by atoms with van der Waals surface area (Å²) in [6.07, 6.45) is -0.507. The lowest BCUT2D eigenvalue weighted by Gasteiger charge is -2.22. The van der Waals surface area contributed by atoms with Crippen molar-refractivity contribution in [3.8, 4) is 11.3 Å². The molecule has 0 N–H and O–H groups in total. The van der Waals surface area contributed by atoms with Crippen LogP contribution in [0.1, 0.15) is 16.1 Å². The van der Waals surface area contributed by atoms with E-state index in [0.29, 0.717) is 27.6 Å². The Labute approximate surface area is 139 Å². The molecule has 0 bridgehead atoms. The van der Waals surface area contributed by atoms with Gasteiger partial charge in [0.2, 0.25) is 0 Å². The normalized spacial score (nSPS) is 11.0. The third kappa shape index (κ3) is 3.72. The first kappa shape index (κ1) is 17.5. The first-order valence-corrected chi connectivity index (χ1v) is 7.39. The second-order valence-electron chi connectivity index (χ2n) is 5.03. The smallest absolute Gasteiger partial charge is 0.259 e. The van der Waals surface area contributed by atoms with Crippen LogP contribution < -0.4 is 0 Å². The van der Waals surface area contributed by atoms with Gasteiger partial charge in [-0.15, -0.1) is 0 Å². The summed E-state index contributed by atoms with van der Waals surface area (Å²) in [4.78, 5) is 14.3. The number of carbonyl (C=O) groups excluding carboxylic acids is 1. The molecule has 7 heteroatoms. The van der Waals surface area contributed by atoms with Crippen LogP contribution in [0, 0.1) is 6.92 Å². The Hall–Kier alpha value is -1.89. The third-order valence-electron chi connectivity index (χ3n) is 3.50. The summed E-state index contributed by atoms with van der Waals surface area (Å²) in [5.41, 5.74) is 1.46. The van der Waals surface area contributed by atoms with E-state index in [1.165, 1.54) is 19.1 Å². The Morgan fingerprint density at radius 2 is 2.00 bits per heavy atom. The van der Waals surface area contributed by atoms with Gasteiger partial charge in [0, 0.05) is 26.8 Å². The van der Waals surface area contributed by atoms with Crippen molar-refractivity contribution in [2.24, 2.45) is 0 Å². The summed E-state index contributed by atoms with van der Waals surface area (Å²) in [6.45, 7) is 1.97. The Morgan fingerprint density at radius 1 is 1.35 bits per heavy atom. The molecule has 0 saturated heterocycles. The van der Waals surface area contributed by atoms with Gasteiger partial charge in [-0.1, -0.05) is 35.0 Å². The van der Waals surface area contributed by atoms with E-state index < -0.39 is 6.29 Å². The van der Waals surface area contributed by atoms with Crippen molar-refractivity contribution in [3.05, 3.63) is 40.6 Å². The largest absolute Gasteiger partial charge is 0.360 e. The SMILES string of the molecule is COC(CN(C)C(=O)c1c(-c2ccccc2Cl)noc1C)OC. The van der Waals surface area contributed by atoms with E-state index >= 15 is 0 Å². The molecule has 0 radical (unpaired) electrons. The van der Waals surface area contributed by atoms with Crippen molar-refractivity contribution >= 4 is 17.5 Å². The molecular formula is C16H19ClN2O4. The number of halogens is 1. The topological polar surface area (TPSA) is 64.8 Å². The molecule has 2 rings (SSSR count). The van der Waals surface area contributed by atoms with Crippen LogP contribution >= 0.6 is 11.6 Å². The minimum atomic E-state index is -0.507. The summed E-state index contributed by atoms with van der Waals surface area (Å²) >= 11 is 6.21. The summed E-state index contributed by atoms with van der Waals surface area (Å²) in [7, 11) is 4.70. The number of ether oxygens (including phenoxy) is 2. The van der Waals surface area contributed by atoms with Gasteiger partial charge in [-0.2, -0.15) is 0 Å². The van der Waals surface area contributed by atoms with Crippen LogP contribution in [0.3, 0.4) is 0 Å². The fraction of sp³-hybridized carbons (Fsp3) is 0.375. The van der Waals surface area contributed by atoms with Crippen molar-refractivity contribution in [2.45, 2.75) is 13.2 Å². The van der Waals surface area contributed by atoms with Crippen molar-refractivity contribution in [2.75, 3.05) is 27.8 Å². The van der Waals surface area contributed by atoms with Gasteiger partial charge in [0.25, 0.3) is 5.91 Å². The highest BCUT2D eigenvalue weighted by molar-refractivity contribution is 6.33. The molecule has 0 aliphatic carbocycles. The highest BCUT2D eigenvalue weighted by Gasteiger charge is 2.26. The van der Waals surface area contributed by atoms with E-state index in [1.807, 2.05) is 12.1 Å². The maximum atomic E-state index is 12.8. The second-order valence-corrected chi connectivity index (χ2v) is 5.44. The number of carbonyl (C=O) groups is 1. The number of aryl methyl sites for hydroxylation is 1. The summed E-state index contributed by atoms with van der Waals surface area (Å²) in [6, 6.07) is 7.18. The van der Waals surface area contributed by atoms with Gasteiger partial charge in [-0.3, -0.25) is 4.79 Å². The maximum absolute atomic E-state index is 12.8. The lowest BCUT2D eigenvalue weighted by atomic mass is 10.1. The van der Waals surface area contributed by atoms with Crippen LogP contribution in [-0.4, -0.2) is 50.1 Å². The molecule has 23 heavy (non-hydrogen) atoms. The summed E-state index contributed by atoms with van der Waals surface area (Å²) in [5.74, 6) is 0.195. The molecule has 1 amide bonds. The number of hydrogen-bond acceptors (Lipinski definition) is 5. The lowest BCUT2D eigenvalue weighted by molar-refractivity contribution is -0.110. The molecular weight excluding hydrogens is 320 g/mol. The molecule has 1 heterocycles. The molecule has 1 aromatic heterocycles. The van der Waals surface area contributed by atoms with Crippen molar-refractivity contribution in [1.82, 2.24) is 10.1 Å². The quantitative estimate of drug-likeness (QED) is 0.757. The average molecular weight is 339 g/mol. The number of hydrogen-bond donors (Lipinski definition) is 0. The number of rotatable bonds is 6. The molecule has 0 saturated carbocycles. The lowest BCUT2D eigenvalue weighted by Crippen LogP contribution is -2.36. The third-order valence-corrected chi connectivity index (χ3v) is 3.83. The minimum absolute atomic E-state index is 0.238. The minimum Gasteiger partial charge on any atom is -0.360 e. The molecule has 124 valence electrons. The standard InChI is InChI=1S/C16H19ClN2O4/c1-10-14(16(20)19(2)9-13(21-3)22-4)15(18-23-10)11-7-5-6-8-12(11)17/h5-8,13H,9H2,1-4H3. The molecule has 0 spiro atoms. The van der Waals surface area contributed by atoms with Gasteiger partial charge in [0.05, 0.1) is 11.6 Å². The molecule has 0 aliphatic rings. The van der Waals surface area contributed by atoms with E-state index in [1.54, 1.807) is 26.1 Å². The maximum Gasteiger partial charge on any atom is 0.259 e. The Morgan fingerprint density at radius 3 is 2.61 bits per heavy atom. The number of methoxy groups -OCH3 is 2. The average Bonchev–Trinajstić information content (AvgIpc) is 2.93. The van der Waals surface area contributed by atoms with E-state index in [-0.39, 0.29) is 12.5 Å². The van der Waals surface area contributed by atoms with E-state index in [4.69, 9.17) is 25.6 Å². The number of nitrogens with zero attached hydrogens (tertiary/aromatic N) is 2. The number of likely N-dealkylation sites (N-methyl/N-ethyl adjacent to an activating group) is 1. The van der Waals surface area contributed by atoms with Crippen LogP contribution in [0.4, 0.5) is 0 Å². The van der Waals surface area contributed by atoms with E-state index in [9.17, 15) is 4.79 Å². The predicted molar refractivity (Wildman–Crippen MR) is 86.5 cm³/mol. The zero-order valence-electron chi connectivity index (χ0n) is 13.5. The number of benzene rings is 1. The number of aromatic nitrogens is 1. The zero-order chi connectivity index (χ0) is 17.0. The number of amides is 1. The monoisotopic (exact) mass is 338 g/mol. The predicted octanol–water partition coefficient (Wildman–Crippen LogP) is 2.99. The van der Waals surface area contributed by atoms with Crippen LogP contribution in [-0.2, 0) is 9.47 Å². The van der Waals surface area contributed by atoms with Gasteiger partial charge in [-0.25, -0.2) is 0 Å².